The van der Waals surface area contributed by atoms with E-state index in [4.69, 9.17) is 0 Å². The maximum atomic E-state index is 12.0. The van der Waals surface area contributed by atoms with E-state index in [1.807, 2.05) is 32.2 Å². The van der Waals surface area contributed by atoms with Gasteiger partial charge in [0.1, 0.15) is 0 Å². The smallest absolute Gasteiger partial charge is 0.308 e. The summed E-state index contributed by atoms with van der Waals surface area (Å²) >= 11 is 1.59. The Labute approximate surface area is 97.7 Å². The van der Waals surface area contributed by atoms with Crippen LogP contribution in [0.2, 0.25) is 0 Å². The molecule has 0 radical (unpaired) electrons. The lowest BCUT2D eigenvalue weighted by Crippen LogP contribution is -2.38. The number of halogens is 3. The third kappa shape index (κ3) is 3.79. The van der Waals surface area contributed by atoms with Gasteiger partial charge in [0, 0.05) is 16.8 Å². The Hall–Kier alpha value is -0.550. The fourth-order valence-electron chi connectivity index (χ4n) is 1.66. The molecule has 1 heterocycles. The van der Waals surface area contributed by atoms with Crippen LogP contribution in [-0.2, 0) is 5.41 Å². The number of hydrogen-bond donors (Lipinski definition) is 1. The van der Waals surface area contributed by atoms with Gasteiger partial charge >= 0.3 is 6.18 Å². The standard InChI is InChI=1S/C11H16F3NS/c1-8-4-5-16-9(8)10(2,3)6-15-7-11(12,13)14/h4-5,15H,6-7H2,1-3H3. The van der Waals surface area contributed by atoms with Crippen LogP contribution in [0.4, 0.5) is 13.2 Å². The molecule has 16 heavy (non-hydrogen) atoms. The molecule has 0 spiro atoms. The van der Waals surface area contributed by atoms with Gasteiger partial charge in [-0.3, -0.25) is 0 Å². The average molecular weight is 251 g/mol. The molecule has 0 aliphatic carbocycles. The molecular weight excluding hydrogens is 235 g/mol. The molecule has 0 aliphatic rings. The number of aryl methyl sites for hydroxylation is 1. The molecule has 5 heteroatoms. The molecule has 1 aromatic rings. The molecule has 0 saturated carbocycles. The third-order valence-electron chi connectivity index (χ3n) is 2.37. The normalized spacial score (nSPS) is 13.1. The van der Waals surface area contributed by atoms with Crippen molar-refractivity contribution in [2.45, 2.75) is 32.4 Å². The molecule has 1 N–H and O–H groups in total. The number of thiophene rings is 1. The fourth-order valence-corrected chi connectivity index (χ4v) is 2.72. The molecule has 1 nitrogen and oxygen atoms in total. The predicted octanol–water partition coefficient (Wildman–Crippen LogP) is 3.49. The first kappa shape index (κ1) is 13.5. The quantitative estimate of drug-likeness (QED) is 0.863. The summed E-state index contributed by atoms with van der Waals surface area (Å²) < 4.78 is 36.0. The van der Waals surface area contributed by atoms with E-state index in [0.717, 1.165) is 10.4 Å². The first-order valence-electron chi connectivity index (χ1n) is 5.04. The van der Waals surface area contributed by atoms with Gasteiger partial charge in [-0.15, -0.1) is 11.3 Å². The maximum Gasteiger partial charge on any atom is 0.401 e. The number of rotatable bonds is 4. The van der Waals surface area contributed by atoms with Crippen molar-refractivity contribution >= 4 is 11.3 Å². The first-order chi connectivity index (χ1) is 7.22. The second-order valence-electron chi connectivity index (χ2n) is 4.54. The van der Waals surface area contributed by atoms with Gasteiger partial charge in [0.2, 0.25) is 0 Å². The van der Waals surface area contributed by atoms with Crippen LogP contribution in [0, 0.1) is 6.92 Å². The SMILES string of the molecule is Cc1ccsc1C(C)(C)CNCC(F)(F)F. The van der Waals surface area contributed by atoms with E-state index in [1.54, 1.807) is 11.3 Å². The summed E-state index contributed by atoms with van der Waals surface area (Å²) in [5, 5.41) is 4.43. The molecule has 0 unspecified atom stereocenters. The van der Waals surface area contributed by atoms with Crippen LogP contribution < -0.4 is 5.32 Å². The van der Waals surface area contributed by atoms with Gasteiger partial charge in [0.25, 0.3) is 0 Å². The van der Waals surface area contributed by atoms with Crippen LogP contribution in [0.3, 0.4) is 0 Å². The lowest BCUT2D eigenvalue weighted by atomic mass is 9.89. The Morgan fingerprint density at radius 1 is 1.25 bits per heavy atom. The zero-order chi connectivity index (χ0) is 12.4. The number of nitrogens with one attached hydrogen (secondary N) is 1. The van der Waals surface area contributed by atoms with Gasteiger partial charge in [0.05, 0.1) is 6.54 Å². The Morgan fingerprint density at radius 2 is 1.88 bits per heavy atom. The zero-order valence-electron chi connectivity index (χ0n) is 9.61. The molecule has 0 aliphatic heterocycles. The highest BCUT2D eigenvalue weighted by Gasteiger charge is 2.29. The molecule has 0 bridgehead atoms. The van der Waals surface area contributed by atoms with Gasteiger partial charge in [-0.2, -0.15) is 13.2 Å². The molecule has 1 aromatic heterocycles. The van der Waals surface area contributed by atoms with Crippen LogP contribution in [0.15, 0.2) is 11.4 Å². The van der Waals surface area contributed by atoms with Crippen LogP contribution >= 0.6 is 11.3 Å². The van der Waals surface area contributed by atoms with E-state index >= 15 is 0 Å². The minimum absolute atomic E-state index is 0.260. The first-order valence-corrected chi connectivity index (χ1v) is 5.92. The highest BCUT2D eigenvalue weighted by molar-refractivity contribution is 7.10. The van der Waals surface area contributed by atoms with Gasteiger partial charge in [-0.05, 0) is 23.9 Å². The van der Waals surface area contributed by atoms with Crippen molar-refractivity contribution in [2.75, 3.05) is 13.1 Å². The van der Waals surface area contributed by atoms with Gasteiger partial charge in [0.15, 0.2) is 0 Å². The van der Waals surface area contributed by atoms with E-state index in [9.17, 15) is 13.2 Å². The monoisotopic (exact) mass is 251 g/mol. The van der Waals surface area contributed by atoms with Crippen LogP contribution in [0.5, 0.6) is 0 Å². The maximum absolute atomic E-state index is 12.0. The Morgan fingerprint density at radius 3 is 2.31 bits per heavy atom. The summed E-state index contributed by atoms with van der Waals surface area (Å²) in [5.74, 6) is 0. The summed E-state index contributed by atoms with van der Waals surface area (Å²) in [6, 6.07) is 1.99. The lowest BCUT2D eigenvalue weighted by Gasteiger charge is -2.25. The van der Waals surface area contributed by atoms with E-state index in [-0.39, 0.29) is 5.41 Å². The van der Waals surface area contributed by atoms with E-state index in [2.05, 4.69) is 5.32 Å². The van der Waals surface area contributed by atoms with E-state index in [0.29, 0.717) is 6.54 Å². The number of hydrogen-bond acceptors (Lipinski definition) is 2. The Kier molecular flexibility index (Phi) is 4.02. The molecule has 0 saturated heterocycles. The highest BCUT2D eigenvalue weighted by Crippen LogP contribution is 2.30. The highest BCUT2D eigenvalue weighted by atomic mass is 32.1. The largest absolute Gasteiger partial charge is 0.401 e. The van der Waals surface area contributed by atoms with Crippen molar-refractivity contribution in [1.29, 1.82) is 0 Å². The molecule has 0 amide bonds. The minimum Gasteiger partial charge on any atom is -0.308 e. The van der Waals surface area contributed by atoms with Crippen LogP contribution in [-0.4, -0.2) is 19.3 Å². The lowest BCUT2D eigenvalue weighted by molar-refractivity contribution is -0.125. The second-order valence-corrected chi connectivity index (χ2v) is 5.45. The van der Waals surface area contributed by atoms with Crippen LogP contribution in [0.25, 0.3) is 0 Å². The predicted molar refractivity (Wildman–Crippen MR) is 61.0 cm³/mol. The summed E-state index contributed by atoms with van der Waals surface area (Å²) in [5.41, 5.74) is 0.882. The molecule has 92 valence electrons. The Balaban J connectivity index is 2.56. The minimum atomic E-state index is -4.14. The van der Waals surface area contributed by atoms with Crippen molar-refractivity contribution in [3.63, 3.8) is 0 Å². The number of alkyl halides is 3. The second kappa shape index (κ2) is 4.75. The Bertz CT molecular complexity index is 341. The van der Waals surface area contributed by atoms with Crippen molar-refractivity contribution in [3.05, 3.63) is 21.9 Å². The van der Waals surface area contributed by atoms with Crippen molar-refractivity contribution in [3.8, 4) is 0 Å². The van der Waals surface area contributed by atoms with Crippen molar-refractivity contribution in [2.24, 2.45) is 0 Å². The van der Waals surface area contributed by atoms with Gasteiger partial charge in [-0.25, -0.2) is 0 Å². The topological polar surface area (TPSA) is 12.0 Å². The third-order valence-corrected chi connectivity index (χ3v) is 3.75. The summed E-state index contributed by atoms with van der Waals surface area (Å²) in [6.07, 6.45) is -4.14. The van der Waals surface area contributed by atoms with Crippen molar-refractivity contribution in [1.82, 2.24) is 5.32 Å². The molecule has 0 aromatic carbocycles. The molecular formula is C11H16F3NS. The van der Waals surface area contributed by atoms with E-state index < -0.39 is 12.7 Å². The average Bonchev–Trinajstić information content (AvgIpc) is 2.48. The summed E-state index contributed by atoms with van der Waals surface area (Å²) in [4.78, 5) is 1.14. The van der Waals surface area contributed by atoms with Gasteiger partial charge < -0.3 is 5.32 Å². The van der Waals surface area contributed by atoms with E-state index in [1.165, 1.54) is 0 Å². The summed E-state index contributed by atoms with van der Waals surface area (Å²) in [6.45, 7) is 5.29. The molecule has 0 fully saturated rings. The summed E-state index contributed by atoms with van der Waals surface area (Å²) in [7, 11) is 0. The zero-order valence-corrected chi connectivity index (χ0v) is 10.4. The molecule has 0 atom stereocenters. The molecule has 1 rings (SSSR count). The van der Waals surface area contributed by atoms with Crippen LogP contribution in [0.1, 0.15) is 24.3 Å². The van der Waals surface area contributed by atoms with Crippen molar-refractivity contribution < 1.29 is 13.2 Å². The van der Waals surface area contributed by atoms with Gasteiger partial charge in [-0.1, -0.05) is 13.8 Å². The fraction of sp³-hybridized carbons (Fsp3) is 0.636.